The summed E-state index contributed by atoms with van der Waals surface area (Å²) in [6.45, 7) is 1.82. The van der Waals surface area contributed by atoms with Crippen LogP contribution in [0.15, 0.2) is 48.5 Å². The average Bonchev–Trinajstić information content (AvgIpc) is 2.49. The van der Waals surface area contributed by atoms with Crippen LogP contribution in [0.3, 0.4) is 0 Å². The summed E-state index contributed by atoms with van der Waals surface area (Å²) in [7, 11) is 0. The smallest absolute Gasteiger partial charge is 0.293 e. The molecule has 2 aromatic rings. The number of halogens is 4. The Kier molecular flexibility index (Phi) is 4.91. The molecular formula is C17H14ClF3O. The Bertz CT molecular complexity index is 662. The van der Waals surface area contributed by atoms with Crippen LogP contribution in [0.2, 0.25) is 5.02 Å². The summed E-state index contributed by atoms with van der Waals surface area (Å²) in [5.41, 5.74) is -0.00440. The summed E-state index contributed by atoms with van der Waals surface area (Å²) in [5.74, 6) is -0.809. The first kappa shape index (κ1) is 16.6. The number of alkyl halides is 3. The van der Waals surface area contributed by atoms with Crippen LogP contribution in [0.1, 0.15) is 40.7 Å². The average molecular weight is 327 g/mol. The molecule has 0 saturated carbocycles. The van der Waals surface area contributed by atoms with Gasteiger partial charge in [-0.3, -0.25) is 4.79 Å². The number of ketones is 1. The molecule has 1 unspecified atom stereocenters. The van der Waals surface area contributed by atoms with Crippen molar-refractivity contribution < 1.29 is 18.0 Å². The van der Waals surface area contributed by atoms with Crippen molar-refractivity contribution in [2.24, 2.45) is 0 Å². The highest BCUT2D eigenvalue weighted by Gasteiger charge is 2.31. The normalized spacial score (nSPS) is 13.0. The molecule has 2 rings (SSSR count). The summed E-state index contributed by atoms with van der Waals surface area (Å²) >= 11 is 5.82. The van der Waals surface area contributed by atoms with Crippen molar-refractivity contribution >= 4 is 17.4 Å². The van der Waals surface area contributed by atoms with Crippen LogP contribution in [-0.2, 0) is 6.18 Å². The number of rotatable bonds is 4. The lowest BCUT2D eigenvalue weighted by Gasteiger charge is -2.15. The zero-order valence-corrected chi connectivity index (χ0v) is 12.6. The molecule has 1 atom stereocenters. The maximum Gasteiger partial charge on any atom is 0.416 e. The second kappa shape index (κ2) is 6.53. The van der Waals surface area contributed by atoms with Gasteiger partial charge < -0.3 is 0 Å². The summed E-state index contributed by atoms with van der Waals surface area (Å²) in [4.78, 5) is 12.5. The SMILES string of the molecule is CCC(C(=O)c1cccc(C(F)(F)F)c1)c1ccc(Cl)cc1. The molecule has 0 aliphatic carbocycles. The first-order valence-electron chi connectivity index (χ1n) is 6.80. The van der Waals surface area contributed by atoms with Crippen LogP contribution >= 0.6 is 11.6 Å². The molecule has 0 aromatic heterocycles. The Morgan fingerprint density at radius 3 is 2.32 bits per heavy atom. The van der Waals surface area contributed by atoms with Gasteiger partial charge in [-0.25, -0.2) is 0 Å². The fraction of sp³-hybridized carbons (Fsp3) is 0.235. The second-order valence-corrected chi connectivity index (χ2v) is 5.39. The molecule has 0 fully saturated rings. The molecule has 0 spiro atoms. The van der Waals surface area contributed by atoms with E-state index in [0.29, 0.717) is 11.4 Å². The van der Waals surface area contributed by atoms with Crippen LogP contribution in [-0.4, -0.2) is 5.78 Å². The van der Waals surface area contributed by atoms with Crippen LogP contribution in [0, 0.1) is 0 Å². The van der Waals surface area contributed by atoms with Crippen molar-refractivity contribution in [3.05, 3.63) is 70.2 Å². The zero-order valence-electron chi connectivity index (χ0n) is 11.8. The molecule has 5 heteroatoms. The van der Waals surface area contributed by atoms with Gasteiger partial charge in [-0.2, -0.15) is 13.2 Å². The molecule has 0 bridgehead atoms. The van der Waals surface area contributed by atoms with Gasteiger partial charge >= 0.3 is 6.18 Å². The van der Waals surface area contributed by atoms with Gasteiger partial charge in [0.15, 0.2) is 5.78 Å². The van der Waals surface area contributed by atoms with Crippen molar-refractivity contribution in [3.8, 4) is 0 Å². The summed E-state index contributed by atoms with van der Waals surface area (Å²) in [5, 5.41) is 0.546. The standard InChI is InChI=1S/C17H14ClF3O/c1-2-15(11-6-8-14(18)9-7-11)16(22)12-4-3-5-13(10-12)17(19,20)21/h3-10,15H,2H2,1H3. The van der Waals surface area contributed by atoms with E-state index in [-0.39, 0.29) is 11.3 Å². The number of hydrogen-bond acceptors (Lipinski definition) is 1. The van der Waals surface area contributed by atoms with Crippen molar-refractivity contribution in [2.75, 3.05) is 0 Å². The van der Waals surface area contributed by atoms with Crippen molar-refractivity contribution in [1.82, 2.24) is 0 Å². The minimum atomic E-state index is -4.46. The summed E-state index contributed by atoms with van der Waals surface area (Å²) in [6, 6.07) is 11.3. The Hall–Kier alpha value is -1.81. The van der Waals surface area contributed by atoms with Gasteiger partial charge in [-0.15, -0.1) is 0 Å². The fourth-order valence-electron chi connectivity index (χ4n) is 2.32. The van der Waals surface area contributed by atoms with Crippen LogP contribution < -0.4 is 0 Å². The highest BCUT2D eigenvalue weighted by molar-refractivity contribution is 6.30. The van der Waals surface area contributed by atoms with Gasteiger partial charge in [-0.1, -0.05) is 42.8 Å². The van der Waals surface area contributed by atoms with E-state index >= 15 is 0 Å². The first-order chi connectivity index (χ1) is 10.3. The highest BCUT2D eigenvalue weighted by Crippen LogP contribution is 2.31. The second-order valence-electron chi connectivity index (χ2n) is 4.96. The van der Waals surface area contributed by atoms with E-state index < -0.39 is 17.7 Å². The third-order valence-electron chi connectivity index (χ3n) is 3.47. The van der Waals surface area contributed by atoms with Gasteiger partial charge in [-0.05, 0) is 36.2 Å². The van der Waals surface area contributed by atoms with Crippen LogP contribution in [0.5, 0.6) is 0 Å². The predicted molar refractivity (Wildman–Crippen MR) is 80.3 cm³/mol. The minimum Gasteiger partial charge on any atom is -0.293 e. The van der Waals surface area contributed by atoms with Crippen molar-refractivity contribution in [1.29, 1.82) is 0 Å². The molecule has 0 heterocycles. The first-order valence-corrected chi connectivity index (χ1v) is 7.17. The maximum atomic E-state index is 12.8. The van der Waals surface area contributed by atoms with E-state index in [1.165, 1.54) is 12.1 Å². The predicted octanol–water partition coefficient (Wildman–Crippen LogP) is 5.74. The van der Waals surface area contributed by atoms with E-state index in [2.05, 4.69) is 0 Å². The van der Waals surface area contributed by atoms with Gasteiger partial charge in [0.1, 0.15) is 0 Å². The monoisotopic (exact) mass is 326 g/mol. The molecule has 0 saturated heterocycles. The number of hydrogen-bond donors (Lipinski definition) is 0. The van der Waals surface area contributed by atoms with E-state index in [9.17, 15) is 18.0 Å². The van der Waals surface area contributed by atoms with Gasteiger partial charge in [0.05, 0.1) is 5.56 Å². The Morgan fingerprint density at radius 2 is 1.77 bits per heavy atom. The minimum absolute atomic E-state index is 0.0663. The highest BCUT2D eigenvalue weighted by atomic mass is 35.5. The van der Waals surface area contributed by atoms with Crippen molar-refractivity contribution in [3.63, 3.8) is 0 Å². The molecular weight excluding hydrogens is 313 g/mol. The largest absolute Gasteiger partial charge is 0.416 e. The van der Waals surface area contributed by atoms with Crippen LogP contribution in [0.4, 0.5) is 13.2 Å². The lowest BCUT2D eigenvalue weighted by atomic mass is 9.88. The quantitative estimate of drug-likeness (QED) is 0.655. The van der Waals surface area contributed by atoms with Gasteiger partial charge in [0.2, 0.25) is 0 Å². The Morgan fingerprint density at radius 1 is 1.14 bits per heavy atom. The lowest BCUT2D eigenvalue weighted by molar-refractivity contribution is -0.137. The number of carbonyl (C=O) groups excluding carboxylic acids is 1. The molecule has 116 valence electrons. The third-order valence-corrected chi connectivity index (χ3v) is 3.72. The summed E-state index contributed by atoms with van der Waals surface area (Å²) < 4.78 is 38.3. The number of Topliss-reactive ketones (excluding diaryl/α,β-unsaturated/α-hetero) is 1. The van der Waals surface area contributed by atoms with Gasteiger partial charge in [0.25, 0.3) is 0 Å². The van der Waals surface area contributed by atoms with Crippen molar-refractivity contribution in [2.45, 2.75) is 25.4 Å². The number of benzene rings is 2. The molecule has 0 radical (unpaired) electrons. The Balaban J connectivity index is 2.35. The molecule has 22 heavy (non-hydrogen) atoms. The lowest BCUT2D eigenvalue weighted by Crippen LogP contribution is -2.14. The van der Waals surface area contributed by atoms with E-state index in [4.69, 9.17) is 11.6 Å². The molecule has 0 N–H and O–H groups in total. The molecule has 0 aliphatic heterocycles. The molecule has 0 amide bonds. The molecule has 1 nitrogen and oxygen atoms in total. The third kappa shape index (κ3) is 3.69. The van der Waals surface area contributed by atoms with E-state index in [1.807, 2.05) is 6.92 Å². The maximum absolute atomic E-state index is 12.8. The zero-order chi connectivity index (χ0) is 16.3. The molecule has 2 aromatic carbocycles. The number of carbonyl (C=O) groups is 1. The Labute approximate surface area is 131 Å². The molecule has 0 aliphatic rings. The fourth-order valence-corrected chi connectivity index (χ4v) is 2.44. The summed E-state index contributed by atoms with van der Waals surface area (Å²) in [6.07, 6.45) is -3.96. The van der Waals surface area contributed by atoms with Gasteiger partial charge in [0, 0.05) is 16.5 Å². The van der Waals surface area contributed by atoms with E-state index in [0.717, 1.165) is 17.7 Å². The van der Waals surface area contributed by atoms with E-state index in [1.54, 1.807) is 24.3 Å². The topological polar surface area (TPSA) is 17.1 Å². The van der Waals surface area contributed by atoms with Crippen LogP contribution in [0.25, 0.3) is 0 Å².